The summed E-state index contributed by atoms with van der Waals surface area (Å²) in [4.78, 5) is 53.8. The molecule has 0 aliphatic heterocycles. The number of nitrogens with one attached hydrogen (secondary N) is 3. The Hall–Kier alpha value is -6.33. The molecule has 5 rings (SSSR count). The zero-order valence-electron chi connectivity index (χ0n) is 28.0. The van der Waals surface area contributed by atoms with Crippen LogP contribution in [-0.4, -0.2) is 45.0 Å². The molecule has 0 fully saturated rings. The molecule has 5 aromatic rings. The molecule has 0 saturated heterocycles. The minimum Gasteiger partial charge on any atom is -0.493 e. The maximum Gasteiger partial charge on any atom is 0.339 e. The SMILES string of the molecule is COC(=O)c1ccccc1NC(=O)C(Sc1cccc(NC(=O)/C(=C\c2ccc(OC)c(OC)c2)NC(=O)c2ccccc2)c1)c1ccccc1. The van der Waals surface area contributed by atoms with Gasteiger partial charge in [0.1, 0.15) is 10.9 Å². The van der Waals surface area contributed by atoms with Crippen LogP contribution in [0.5, 0.6) is 11.5 Å². The van der Waals surface area contributed by atoms with Gasteiger partial charge >= 0.3 is 5.97 Å². The zero-order valence-corrected chi connectivity index (χ0v) is 28.9. The topological polar surface area (TPSA) is 132 Å². The molecule has 258 valence electrons. The summed E-state index contributed by atoms with van der Waals surface area (Å²) >= 11 is 1.27. The number of thioether (sulfide) groups is 1. The fourth-order valence-electron chi connectivity index (χ4n) is 5.01. The molecule has 0 aliphatic carbocycles. The number of carbonyl (C=O) groups is 4. The van der Waals surface area contributed by atoms with Crippen molar-refractivity contribution in [3.8, 4) is 11.5 Å². The van der Waals surface area contributed by atoms with E-state index in [4.69, 9.17) is 14.2 Å². The molecule has 11 heteroatoms. The van der Waals surface area contributed by atoms with Gasteiger partial charge in [-0.05, 0) is 71.8 Å². The van der Waals surface area contributed by atoms with E-state index in [1.54, 1.807) is 97.1 Å². The van der Waals surface area contributed by atoms with Crippen LogP contribution in [-0.2, 0) is 14.3 Å². The molecular weight excluding hydrogens is 667 g/mol. The minimum absolute atomic E-state index is 0.0139. The molecule has 0 saturated carbocycles. The normalized spacial score (nSPS) is 11.5. The largest absolute Gasteiger partial charge is 0.493 e. The van der Waals surface area contributed by atoms with E-state index in [0.29, 0.717) is 38.9 Å². The van der Waals surface area contributed by atoms with Crippen LogP contribution < -0.4 is 25.4 Å². The summed E-state index contributed by atoms with van der Waals surface area (Å²) in [7, 11) is 4.31. The Kier molecular flexibility index (Phi) is 12.2. The van der Waals surface area contributed by atoms with Crippen LogP contribution in [0.1, 0.15) is 37.1 Å². The van der Waals surface area contributed by atoms with Crippen molar-refractivity contribution in [2.24, 2.45) is 0 Å². The van der Waals surface area contributed by atoms with Gasteiger partial charge in [0.15, 0.2) is 11.5 Å². The molecule has 1 unspecified atom stereocenters. The molecule has 5 aromatic carbocycles. The van der Waals surface area contributed by atoms with E-state index in [1.165, 1.54) is 33.1 Å². The van der Waals surface area contributed by atoms with Crippen molar-refractivity contribution in [2.75, 3.05) is 32.0 Å². The van der Waals surface area contributed by atoms with Crippen LogP contribution in [0.2, 0.25) is 0 Å². The van der Waals surface area contributed by atoms with Gasteiger partial charge in [0.05, 0.1) is 32.6 Å². The highest BCUT2D eigenvalue weighted by Gasteiger charge is 2.24. The summed E-state index contributed by atoms with van der Waals surface area (Å²) in [5.74, 6) is -1.01. The van der Waals surface area contributed by atoms with Gasteiger partial charge in [0.25, 0.3) is 11.8 Å². The number of amides is 3. The highest BCUT2D eigenvalue weighted by atomic mass is 32.2. The van der Waals surface area contributed by atoms with Crippen molar-refractivity contribution in [1.82, 2.24) is 5.32 Å². The summed E-state index contributed by atoms with van der Waals surface area (Å²) in [6, 6.07) is 36.5. The minimum atomic E-state index is -0.728. The molecule has 1 atom stereocenters. The monoisotopic (exact) mass is 701 g/mol. The van der Waals surface area contributed by atoms with Crippen LogP contribution in [0.4, 0.5) is 11.4 Å². The Morgan fingerprint density at radius 2 is 1.37 bits per heavy atom. The molecule has 10 nitrogen and oxygen atoms in total. The van der Waals surface area contributed by atoms with E-state index >= 15 is 0 Å². The Bertz CT molecular complexity index is 2050. The molecule has 0 aliphatic rings. The smallest absolute Gasteiger partial charge is 0.339 e. The van der Waals surface area contributed by atoms with Crippen LogP contribution in [0, 0.1) is 0 Å². The predicted octanol–water partition coefficient (Wildman–Crippen LogP) is 7.37. The van der Waals surface area contributed by atoms with Gasteiger partial charge < -0.3 is 30.2 Å². The molecule has 0 aromatic heterocycles. The average molecular weight is 702 g/mol. The zero-order chi connectivity index (χ0) is 36.2. The Labute approximate surface area is 299 Å². The first-order valence-corrected chi connectivity index (χ1v) is 16.6. The second-order valence-corrected chi connectivity index (χ2v) is 12.1. The molecule has 0 spiro atoms. The van der Waals surface area contributed by atoms with E-state index in [0.717, 1.165) is 5.56 Å². The Balaban J connectivity index is 1.41. The van der Waals surface area contributed by atoms with Crippen molar-refractivity contribution in [3.05, 3.63) is 155 Å². The average Bonchev–Trinajstić information content (AvgIpc) is 3.17. The highest BCUT2D eigenvalue weighted by Crippen LogP contribution is 2.37. The maximum atomic E-state index is 13.8. The van der Waals surface area contributed by atoms with E-state index in [2.05, 4.69) is 16.0 Å². The number of anilines is 2. The summed E-state index contributed by atoms with van der Waals surface area (Å²) in [6.07, 6.45) is 1.54. The number of methoxy groups -OCH3 is 3. The third-order valence-corrected chi connectivity index (χ3v) is 8.77. The lowest BCUT2D eigenvalue weighted by molar-refractivity contribution is -0.116. The quantitative estimate of drug-likeness (QED) is 0.0659. The third kappa shape index (κ3) is 9.43. The highest BCUT2D eigenvalue weighted by molar-refractivity contribution is 8.00. The van der Waals surface area contributed by atoms with Crippen LogP contribution >= 0.6 is 11.8 Å². The Morgan fingerprint density at radius 1 is 0.686 bits per heavy atom. The summed E-state index contributed by atoms with van der Waals surface area (Å²) in [5.41, 5.74) is 2.66. The maximum absolute atomic E-state index is 13.8. The number of rotatable bonds is 13. The summed E-state index contributed by atoms with van der Waals surface area (Å²) < 4.78 is 15.6. The molecule has 0 bridgehead atoms. The lowest BCUT2D eigenvalue weighted by atomic mass is 10.1. The Morgan fingerprint density at radius 3 is 2.08 bits per heavy atom. The molecule has 0 radical (unpaired) electrons. The van der Waals surface area contributed by atoms with Gasteiger partial charge in [0, 0.05) is 16.1 Å². The lowest BCUT2D eigenvalue weighted by Crippen LogP contribution is -2.30. The molecule has 51 heavy (non-hydrogen) atoms. The number of esters is 1. The molecular formula is C40H35N3O7S. The number of hydrogen-bond donors (Lipinski definition) is 3. The van der Waals surface area contributed by atoms with E-state index < -0.39 is 23.0 Å². The van der Waals surface area contributed by atoms with E-state index in [-0.39, 0.29) is 17.2 Å². The molecule has 3 N–H and O–H groups in total. The van der Waals surface area contributed by atoms with Crippen LogP contribution in [0.25, 0.3) is 6.08 Å². The number of hydrogen-bond acceptors (Lipinski definition) is 8. The summed E-state index contributed by atoms with van der Waals surface area (Å²) in [6.45, 7) is 0. The first kappa shape index (κ1) is 36.0. The summed E-state index contributed by atoms with van der Waals surface area (Å²) in [5, 5.41) is 7.77. The lowest BCUT2D eigenvalue weighted by Gasteiger charge is -2.19. The van der Waals surface area contributed by atoms with Gasteiger partial charge in [0.2, 0.25) is 5.91 Å². The number of carbonyl (C=O) groups excluding carboxylic acids is 4. The van der Waals surface area contributed by atoms with Gasteiger partial charge in [-0.2, -0.15) is 0 Å². The van der Waals surface area contributed by atoms with Gasteiger partial charge in [-0.3, -0.25) is 14.4 Å². The van der Waals surface area contributed by atoms with Gasteiger partial charge in [-0.1, -0.05) is 72.8 Å². The second-order valence-electron chi connectivity index (χ2n) is 10.9. The molecule has 3 amide bonds. The predicted molar refractivity (Wildman–Crippen MR) is 198 cm³/mol. The van der Waals surface area contributed by atoms with Crippen molar-refractivity contribution < 1.29 is 33.4 Å². The fraction of sp³-hybridized carbons (Fsp3) is 0.100. The fourth-order valence-corrected chi connectivity index (χ4v) is 6.10. The number of ether oxygens (including phenoxy) is 3. The van der Waals surface area contributed by atoms with E-state index in [9.17, 15) is 19.2 Å². The van der Waals surface area contributed by atoms with Crippen molar-refractivity contribution in [3.63, 3.8) is 0 Å². The second kappa shape index (κ2) is 17.4. The first-order chi connectivity index (χ1) is 24.8. The van der Waals surface area contributed by atoms with Crippen LogP contribution in [0.15, 0.2) is 138 Å². The first-order valence-electron chi connectivity index (χ1n) is 15.7. The molecule has 0 heterocycles. The van der Waals surface area contributed by atoms with Gasteiger partial charge in [-0.25, -0.2) is 4.79 Å². The number of para-hydroxylation sites is 1. The van der Waals surface area contributed by atoms with Crippen molar-refractivity contribution in [2.45, 2.75) is 10.1 Å². The number of benzene rings is 5. The van der Waals surface area contributed by atoms with Crippen LogP contribution in [0.3, 0.4) is 0 Å². The van der Waals surface area contributed by atoms with Crippen molar-refractivity contribution >= 4 is 52.9 Å². The standard InChI is InChI=1S/C40H35N3O7S/c1-48-34-22-21-26(24-35(34)49-2)23-33(43-37(44)28-15-8-5-9-16-28)38(45)41-29-17-12-18-30(25-29)51-36(27-13-6-4-7-14-27)39(46)42-32-20-11-10-19-31(32)40(47)50-3/h4-25,36H,1-3H3,(H,41,45)(H,42,46)(H,43,44)/b33-23+. The van der Waals surface area contributed by atoms with Gasteiger partial charge in [-0.15, -0.1) is 11.8 Å². The van der Waals surface area contributed by atoms with E-state index in [1.807, 2.05) is 36.4 Å². The third-order valence-electron chi connectivity index (χ3n) is 7.52. The van der Waals surface area contributed by atoms with Crippen molar-refractivity contribution in [1.29, 1.82) is 0 Å².